The zero-order chi connectivity index (χ0) is 15.4. The molecule has 0 atom stereocenters. The van der Waals surface area contributed by atoms with E-state index in [9.17, 15) is 9.18 Å². The van der Waals surface area contributed by atoms with Crippen molar-refractivity contribution in [1.82, 2.24) is 0 Å². The van der Waals surface area contributed by atoms with E-state index in [1.807, 2.05) is 0 Å². The third-order valence-electron chi connectivity index (χ3n) is 3.06. The summed E-state index contributed by atoms with van der Waals surface area (Å²) >= 11 is 5.63. The van der Waals surface area contributed by atoms with Crippen LogP contribution < -0.4 is 9.47 Å². The molecule has 0 amide bonds. The maximum absolute atomic E-state index is 13.4. The molecule has 0 fully saturated rings. The van der Waals surface area contributed by atoms with Gasteiger partial charge in [-0.05, 0) is 29.8 Å². The van der Waals surface area contributed by atoms with Crippen molar-refractivity contribution in [3.05, 3.63) is 58.4 Å². The number of carbonyl (C=O) groups excluding carboxylic acids is 1. The minimum Gasteiger partial charge on any atom is -0.496 e. The molecule has 0 aromatic heterocycles. The highest BCUT2D eigenvalue weighted by molar-refractivity contribution is 6.30. The van der Waals surface area contributed by atoms with E-state index in [4.69, 9.17) is 21.1 Å². The Morgan fingerprint density at radius 3 is 2.29 bits per heavy atom. The molecule has 0 aliphatic carbocycles. The van der Waals surface area contributed by atoms with Gasteiger partial charge in [0.2, 0.25) is 0 Å². The highest BCUT2D eigenvalue weighted by Gasteiger charge is 2.18. The van der Waals surface area contributed by atoms with Gasteiger partial charge in [0.05, 0.1) is 19.2 Å². The average molecular weight is 309 g/mol. The summed E-state index contributed by atoms with van der Waals surface area (Å²) < 4.78 is 23.8. The van der Waals surface area contributed by atoms with Gasteiger partial charge in [-0.25, -0.2) is 4.39 Å². The van der Waals surface area contributed by atoms with Gasteiger partial charge in [-0.15, -0.1) is 0 Å². The number of hydrogen-bond acceptors (Lipinski definition) is 3. The molecular weight excluding hydrogens is 295 g/mol. The number of Topliss-reactive ketones (excluding diaryl/α,β-unsaturated/α-hetero) is 1. The third-order valence-corrected chi connectivity index (χ3v) is 3.36. The number of hydrogen-bond donors (Lipinski definition) is 0. The monoisotopic (exact) mass is 308 g/mol. The number of ketones is 1. The molecule has 0 saturated heterocycles. The fraction of sp³-hybridized carbons (Fsp3) is 0.188. The Morgan fingerprint density at radius 1 is 1.14 bits per heavy atom. The highest BCUT2D eigenvalue weighted by atomic mass is 35.5. The summed E-state index contributed by atoms with van der Waals surface area (Å²) in [6.45, 7) is 0. The van der Waals surface area contributed by atoms with Crippen molar-refractivity contribution in [2.24, 2.45) is 0 Å². The summed E-state index contributed by atoms with van der Waals surface area (Å²) in [5, 5.41) is 0.0288. The fourth-order valence-corrected chi connectivity index (χ4v) is 2.17. The molecule has 5 heteroatoms. The predicted octanol–water partition coefficient (Wildman–Crippen LogP) is 3.92. The SMILES string of the molecule is COc1cccc(OC)c1C(=O)Cc1ccc(Cl)c(F)c1. The quantitative estimate of drug-likeness (QED) is 0.785. The number of carbonyl (C=O) groups is 1. The van der Waals surface area contributed by atoms with Crippen molar-refractivity contribution in [2.75, 3.05) is 14.2 Å². The van der Waals surface area contributed by atoms with Crippen molar-refractivity contribution in [3.8, 4) is 11.5 Å². The third kappa shape index (κ3) is 3.34. The lowest BCUT2D eigenvalue weighted by molar-refractivity contribution is 0.0987. The fourth-order valence-electron chi connectivity index (χ4n) is 2.05. The standard InChI is InChI=1S/C16H14ClFO3/c1-20-14-4-3-5-15(21-2)16(14)13(19)9-10-6-7-11(17)12(18)8-10/h3-8H,9H2,1-2H3. The van der Waals surface area contributed by atoms with E-state index < -0.39 is 5.82 Å². The summed E-state index contributed by atoms with van der Waals surface area (Å²) in [6.07, 6.45) is 0.0326. The molecule has 0 heterocycles. The maximum Gasteiger partial charge on any atom is 0.174 e. The molecule has 21 heavy (non-hydrogen) atoms. The number of benzene rings is 2. The van der Waals surface area contributed by atoms with Crippen molar-refractivity contribution in [3.63, 3.8) is 0 Å². The topological polar surface area (TPSA) is 35.5 Å². The molecule has 0 spiro atoms. The van der Waals surface area contributed by atoms with Gasteiger partial charge in [-0.1, -0.05) is 23.7 Å². The molecule has 3 nitrogen and oxygen atoms in total. The van der Waals surface area contributed by atoms with Gasteiger partial charge in [-0.2, -0.15) is 0 Å². The molecule has 2 aromatic rings. The van der Waals surface area contributed by atoms with Crippen molar-refractivity contribution in [1.29, 1.82) is 0 Å². The lowest BCUT2D eigenvalue weighted by Gasteiger charge is -2.12. The van der Waals surface area contributed by atoms with Crippen LogP contribution in [0, 0.1) is 5.82 Å². The summed E-state index contributed by atoms with van der Waals surface area (Å²) in [4.78, 5) is 12.5. The first-order chi connectivity index (χ1) is 10.1. The molecule has 0 bridgehead atoms. The van der Waals surface area contributed by atoms with Gasteiger partial charge in [0, 0.05) is 6.42 Å². The molecule has 110 valence electrons. The van der Waals surface area contributed by atoms with Gasteiger partial charge in [-0.3, -0.25) is 4.79 Å². The molecule has 2 rings (SSSR count). The normalized spacial score (nSPS) is 10.3. The van der Waals surface area contributed by atoms with E-state index in [0.29, 0.717) is 22.6 Å². The maximum atomic E-state index is 13.4. The van der Waals surface area contributed by atoms with Crippen LogP contribution in [0.15, 0.2) is 36.4 Å². The summed E-state index contributed by atoms with van der Waals surface area (Å²) in [7, 11) is 2.96. The molecular formula is C16H14ClFO3. The summed E-state index contributed by atoms with van der Waals surface area (Å²) in [5.41, 5.74) is 0.882. The van der Waals surface area contributed by atoms with Crippen molar-refractivity contribution in [2.45, 2.75) is 6.42 Å². The van der Waals surface area contributed by atoms with Gasteiger partial charge in [0.1, 0.15) is 22.9 Å². The molecule has 0 aliphatic rings. The Labute approximate surface area is 127 Å². The zero-order valence-electron chi connectivity index (χ0n) is 11.7. The minimum atomic E-state index is -0.547. The second kappa shape index (κ2) is 6.59. The Morgan fingerprint density at radius 2 is 1.76 bits per heavy atom. The van der Waals surface area contributed by atoms with Gasteiger partial charge in [0.15, 0.2) is 5.78 Å². The number of methoxy groups -OCH3 is 2. The van der Waals surface area contributed by atoms with Crippen LogP contribution in [0.5, 0.6) is 11.5 Å². The van der Waals surface area contributed by atoms with Gasteiger partial charge >= 0.3 is 0 Å². The molecule has 0 unspecified atom stereocenters. The minimum absolute atomic E-state index is 0.0288. The predicted molar refractivity (Wildman–Crippen MR) is 79.0 cm³/mol. The Kier molecular flexibility index (Phi) is 4.81. The van der Waals surface area contributed by atoms with Crippen molar-refractivity contribution >= 4 is 17.4 Å². The zero-order valence-corrected chi connectivity index (χ0v) is 12.4. The lowest BCUT2D eigenvalue weighted by Crippen LogP contribution is -2.08. The smallest absolute Gasteiger partial charge is 0.174 e. The van der Waals surface area contributed by atoms with Crippen LogP contribution in [-0.2, 0) is 6.42 Å². The second-order valence-electron chi connectivity index (χ2n) is 4.39. The molecule has 0 saturated carbocycles. The van der Waals surface area contributed by atoms with E-state index in [1.165, 1.54) is 26.4 Å². The second-order valence-corrected chi connectivity index (χ2v) is 4.79. The first-order valence-corrected chi connectivity index (χ1v) is 6.62. The number of halogens is 2. The summed E-state index contributed by atoms with van der Waals surface area (Å²) in [6, 6.07) is 9.39. The number of ether oxygens (including phenoxy) is 2. The Balaban J connectivity index is 2.34. The largest absolute Gasteiger partial charge is 0.496 e. The summed E-state index contributed by atoms with van der Waals surface area (Å²) in [5.74, 6) is 0.0857. The molecule has 0 N–H and O–H groups in total. The van der Waals surface area contributed by atoms with E-state index >= 15 is 0 Å². The van der Waals surface area contributed by atoms with Crippen molar-refractivity contribution < 1.29 is 18.7 Å². The van der Waals surface area contributed by atoms with E-state index in [0.717, 1.165) is 0 Å². The van der Waals surface area contributed by atoms with Gasteiger partial charge in [0.25, 0.3) is 0 Å². The lowest BCUT2D eigenvalue weighted by atomic mass is 10.0. The Hall–Kier alpha value is -2.07. The van der Waals surface area contributed by atoms with Gasteiger partial charge < -0.3 is 9.47 Å². The van der Waals surface area contributed by atoms with E-state index in [-0.39, 0.29) is 17.2 Å². The van der Waals surface area contributed by atoms with Crippen LogP contribution in [0.25, 0.3) is 0 Å². The molecule has 0 radical (unpaired) electrons. The van der Waals surface area contributed by atoms with Crippen LogP contribution in [0.4, 0.5) is 4.39 Å². The highest BCUT2D eigenvalue weighted by Crippen LogP contribution is 2.29. The van der Waals surface area contributed by atoms with Crippen LogP contribution in [0.2, 0.25) is 5.02 Å². The van der Waals surface area contributed by atoms with Crippen LogP contribution in [0.1, 0.15) is 15.9 Å². The average Bonchev–Trinajstić information content (AvgIpc) is 2.49. The number of rotatable bonds is 5. The molecule has 0 aliphatic heterocycles. The van der Waals surface area contributed by atoms with Crippen LogP contribution in [-0.4, -0.2) is 20.0 Å². The Bertz CT molecular complexity index is 648. The first kappa shape index (κ1) is 15.3. The first-order valence-electron chi connectivity index (χ1n) is 6.25. The van der Waals surface area contributed by atoms with E-state index in [2.05, 4.69) is 0 Å². The molecule has 2 aromatic carbocycles. The van der Waals surface area contributed by atoms with E-state index in [1.54, 1.807) is 24.3 Å². The van der Waals surface area contributed by atoms with Crippen LogP contribution in [0.3, 0.4) is 0 Å². The van der Waals surface area contributed by atoms with Crippen LogP contribution >= 0.6 is 11.6 Å².